The van der Waals surface area contributed by atoms with Gasteiger partial charge in [-0.15, -0.1) is 0 Å². The van der Waals surface area contributed by atoms with Gasteiger partial charge in [0.15, 0.2) is 5.76 Å². The summed E-state index contributed by atoms with van der Waals surface area (Å²) in [4.78, 5) is 24.8. The van der Waals surface area contributed by atoms with E-state index in [1.807, 2.05) is 48.7 Å². The molecule has 0 saturated carbocycles. The molecule has 4 rings (SSSR count). The van der Waals surface area contributed by atoms with Crippen molar-refractivity contribution in [1.82, 2.24) is 9.47 Å². The first-order valence-electron chi connectivity index (χ1n) is 7.90. The zero-order valence-corrected chi connectivity index (χ0v) is 13.2. The molecule has 3 heterocycles. The summed E-state index contributed by atoms with van der Waals surface area (Å²) >= 11 is 0. The Morgan fingerprint density at radius 2 is 1.88 bits per heavy atom. The summed E-state index contributed by atoms with van der Waals surface area (Å²) in [6.07, 6.45) is 1.99. The number of rotatable bonds is 3. The lowest BCUT2D eigenvalue weighted by Crippen LogP contribution is -2.42. The number of benzene rings is 1. The van der Waals surface area contributed by atoms with E-state index in [0.717, 1.165) is 11.3 Å². The Bertz CT molecular complexity index is 929. The molecule has 126 valence electrons. The van der Waals surface area contributed by atoms with Crippen LogP contribution in [0.2, 0.25) is 0 Å². The van der Waals surface area contributed by atoms with Gasteiger partial charge in [0.1, 0.15) is 4.92 Å². The minimum absolute atomic E-state index is 0.0207. The molecular formula is C18H15N3O4. The average Bonchev–Trinajstić information content (AvgIpc) is 3.30. The summed E-state index contributed by atoms with van der Waals surface area (Å²) in [6.45, 7) is 1.16. The second-order valence-electron chi connectivity index (χ2n) is 5.83. The van der Waals surface area contributed by atoms with Crippen molar-refractivity contribution in [3.05, 3.63) is 87.9 Å². The minimum Gasteiger partial charge on any atom is -0.395 e. The molecule has 2 aromatic heterocycles. The van der Waals surface area contributed by atoms with Crippen molar-refractivity contribution in [1.29, 1.82) is 0 Å². The van der Waals surface area contributed by atoms with Gasteiger partial charge in [0.2, 0.25) is 0 Å². The number of nitrogens with zero attached hydrogens (tertiary/aromatic N) is 3. The number of hydrogen-bond donors (Lipinski definition) is 0. The number of carbonyl (C=O) groups excluding carboxylic acids is 1. The van der Waals surface area contributed by atoms with E-state index in [-0.39, 0.29) is 17.7 Å². The van der Waals surface area contributed by atoms with Gasteiger partial charge in [-0.2, -0.15) is 0 Å². The van der Waals surface area contributed by atoms with Gasteiger partial charge in [0.05, 0.1) is 12.1 Å². The van der Waals surface area contributed by atoms with Crippen LogP contribution in [0.25, 0.3) is 0 Å². The molecule has 0 bridgehead atoms. The first-order chi connectivity index (χ1) is 12.1. The van der Waals surface area contributed by atoms with Crippen molar-refractivity contribution in [3.63, 3.8) is 0 Å². The number of furan rings is 1. The summed E-state index contributed by atoms with van der Waals surface area (Å²) in [6, 6.07) is 16.0. The second-order valence-corrected chi connectivity index (χ2v) is 5.83. The van der Waals surface area contributed by atoms with Crippen molar-refractivity contribution in [2.45, 2.75) is 12.6 Å². The van der Waals surface area contributed by atoms with Gasteiger partial charge in [-0.05, 0) is 23.8 Å². The van der Waals surface area contributed by atoms with Crippen LogP contribution >= 0.6 is 0 Å². The van der Waals surface area contributed by atoms with Gasteiger partial charge < -0.3 is 13.9 Å². The molecule has 0 unspecified atom stereocenters. The van der Waals surface area contributed by atoms with Crippen LogP contribution in [0.5, 0.6) is 0 Å². The van der Waals surface area contributed by atoms with Crippen molar-refractivity contribution in [2.75, 3.05) is 6.54 Å². The topological polar surface area (TPSA) is 81.5 Å². The van der Waals surface area contributed by atoms with Gasteiger partial charge in [-0.25, -0.2) is 0 Å². The molecule has 0 aliphatic carbocycles. The molecular weight excluding hydrogens is 322 g/mol. The Morgan fingerprint density at radius 1 is 1.08 bits per heavy atom. The number of carbonyl (C=O) groups is 1. The molecule has 1 aromatic carbocycles. The Labute approximate surface area is 143 Å². The highest BCUT2D eigenvalue weighted by Crippen LogP contribution is 2.33. The molecule has 1 aliphatic heterocycles. The standard InChI is InChI=1S/C18H15N3O4/c22-18(15-8-9-16(25-15)21(23)24)20-12-11-19-10-4-7-14(19)17(20)13-5-2-1-3-6-13/h1-10,17H,11-12H2/t17-/m1/s1. The molecule has 3 aromatic rings. The molecule has 1 atom stereocenters. The molecule has 7 heteroatoms. The van der Waals surface area contributed by atoms with E-state index in [4.69, 9.17) is 4.42 Å². The molecule has 0 fully saturated rings. The lowest BCUT2D eigenvalue weighted by atomic mass is 9.99. The fourth-order valence-corrected chi connectivity index (χ4v) is 3.27. The summed E-state index contributed by atoms with van der Waals surface area (Å²) < 4.78 is 7.23. The fourth-order valence-electron chi connectivity index (χ4n) is 3.27. The van der Waals surface area contributed by atoms with E-state index in [1.165, 1.54) is 12.1 Å². The summed E-state index contributed by atoms with van der Waals surface area (Å²) in [7, 11) is 0. The third kappa shape index (κ3) is 2.59. The quantitative estimate of drug-likeness (QED) is 0.543. The SMILES string of the molecule is O=C(c1ccc([N+](=O)[O-])o1)N1CCn2cccc2[C@H]1c1ccccc1. The molecule has 0 N–H and O–H groups in total. The predicted molar refractivity (Wildman–Crippen MR) is 89.1 cm³/mol. The highest BCUT2D eigenvalue weighted by molar-refractivity contribution is 5.92. The maximum Gasteiger partial charge on any atom is 0.433 e. The van der Waals surface area contributed by atoms with Crippen LogP contribution in [0, 0.1) is 10.1 Å². The molecule has 0 saturated heterocycles. The van der Waals surface area contributed by atoms with Crippen LogP contribution in [-0.2, 0) is 6.54 Å². The van der Waals surface area contributed by atoms with E-state index >= 15 is 0 Å². The van der Waals surface area contributed by atoms with Gasteiger partial charge in [0, 0.05) is 25.0 Å². The lowest BCUT2D eigenvalue weighted by Gasteiger charge is -2.36. The largest absolute Gasteiger partial charge is 0.433 e. The zero-order chi connectivity index (χ0) is 17.4. The number of fused-ring (bicyclic) bond motifs is 1. The maximum absolute atomic E-state index is 13.0. The first kappa shape index (κ1) is 15.2. The Hall–Kier alpha value is -3.35. The third-order valence-electron chi connectivity index (χ3n) is 4.40. The van der Waals surface area contributed by atoms with Crippen LogP contribution in [0.1, 0.15) is 27.9 Å². The summed E-state index contributed by atoms with van der Waals surface area (Å²) in [5.41, 5.74) is 1.99. The smallest absolute Gasteiger partial charge is 0.395 e. The van der Waals surface area contributed by atoms with E-state index in [2.05, 4.69) is 4.57 Å². The van der Waals surface area contributed by atoms with E-state index < -0.39 is 10.8 Å². The van der Waals surface area contributed by atoms with E-state index in [1.54, 1.807) is 4.90 Å². The van der Waals surface area contributed by atoms with Crippen LogP contribution in [-0.4, -0.2) is 26.8 Å². The van der Waals surface area contributed by atoms with Crippen LogP contribution in [0.15, 0.2) is 65.2 Å². The van der Waals surface area contributed by atoms with Crippen LogP contribution in [0.4, 0.5) is 5.88 Å². The number of aromatic nitrogens is 1. The monoisotopic (exact) mass is 337 g/mol. The third-order valence-corrected chi connectivity index (χ3v) is 4.40. The van der Waals surface area contributed by atoms with E-state index in [9.17, 15) is 14.9 Å². The predicted octanol–water partition coefficient (Wildman–Crippen LogP) is 3.23. The molecule has 7 nitrogen and oxygen atoms in total. The van der Waals surface area contributed by atoms with Crippen LogP contribution in [0.3, 0.4) is 0 Å². The highest BCUT2D eigenvalue weighted by atomic mass is 16.6. The van der Waals surface area contributed by atoms with Gasteiger partial charge >= 0.3 is 5.88 Å². The number of hydrogen-bond acceptors (Lipinski definition) is 4. The molecule has 0 radical (unpaired) electrons. The average molecular weight is 337 g/mol. The van der Waals surface area contributed by atoms with Crippen molar-refractivity contribution in [2.24, 2.45) is 0 Å². The summed E-state index contributed by atoms with van der Waals surface area (Å²) in [5.74, 6) is -0.804. The van der Waals surface area contributed by atoms with E-state index in [0.29, 0.717) is 13.1 Å². The maximum atomic E-state index is 13.0. The normalized spacial score (nSPS) is 16.5. The highest BCUT2D eigenvalue weighted by Gasteiger charge is 2.34. The second kappa shape index (κ2) is 5.94. The Morgan fingerprint density at radius 3 is 2.60 bits per heavy atom. The summed E-state index contributed by atoms with van der Waals surface area (Å²) in [5, 5.41) is 10.8. The van der Waals surface area contributed by atoms with Crippen molar-refractivity contribution < 1.29 is 14.1 Å². The minimum atomic E-state index is -0.646. The molecule has 0 spiro atoms. The zero-order valence-electron chi connectivity index (χ0n) is 13.2. The lowest BCUT2D eigenvalue weighted by molar-refractivity contribution is -0.402. The van der Waals surface area contributed by atoms with Gasteiger partial charge in [0.25, 0.3) is 5.91 Å². The molecule has 1 amide bonds. The Kier molecular flexibility index (Phi) is 3.61. The Balaban J connectivity index is 1.74. The molecule has 1 aliphatic rings. The van der Waals surface area contributed by atoms with Gasteiger partial charge in [-0.3, -0.25) is 14.9 Å². The van der Waals surface area contributed by atoms with Crippen molar-refractivity contribution in [3.8, 4) is 0 Å². The number of amides is 1. The number of nitro groups is 1. The first-order valence-corrected chi connectivity index (χ1v) is 7.90. The van der Waals surface area contributed by atoms with Gasteiger partial charge in [-0.1, -0.05) is 30.3 Å². The fraction of sp³-hybridized carbons (Fsp3) is 0.167. The van der Waals surface area contributed by atoms with Crippen molar-refractivity contribution >= 4 is 11.8 Å². The van der Waals surface area contributed by atoms with Crippen LogP contribution < -0.4 is 0 Å². The molecule has 25 heavy (non-hydrogen) atoms.